The van der Waals surface area contributed by atoms with Gasteiger partial charge in [0.1, 0.15) is 29.6 Å². The first kappa shape index (κ1) is 29.4. The van der Waals surface area contributed by atoms with Gasteiger partial charge in [-0.15, -0.1) is 0 Å². The number of rotatable bonds is 7. The average molecular weight is 562 g/mol. The molecule has 3 aromatic carbocycles. The predicted molar refractivity (Wildman–Crippen MR) is 139 cm³/mol. The van der Waals surface area contributed by atoms with E-state index >= 15 is 0 Å². The summed E-state index contributed by atoms with van der Waals surface area (Å²) in [5, 5.41) is 14.7. The van der Waals surface area contributed by atoms with E-state index in [1.165, 1.54) is 22.0 Å². The van der Waals surface area contributed by atoms with Crippen LogP contribution in [0.4, 0.5) is 33.7 Å². The van der Waals surface area contributed by atoms with Crippen LogP contribution in [0.3, 0.4) is 0 Å². The highest BCUT2D eigenvalue weighted by Gasteiger charge is 2.34. The van der Waals surface area contributed by atoms with Gasteiger partial charge in [0.05, 0.1) is 37.0 Å². The van der Waals surface area contributed by atoms with Crippen molar-refractivity contribution in [2.45, 2.75) is 19.5 Å². The van der Waals surface area contributed by atoms with Crippen molar-refractivity contribution in [3.8, 4) is 6.07 Å². The third-order valence-electron chi connectivity index (χ3n) is 5.86. The summed E-state index contributed by atoms with van der Waals surface area (Å²) < 4.78 is 52.2. The first-order valence-electron chi connectivity index (χ1n) is 11.6. The number of carbonyl (C=O) groups excluding carboxylic acids is 2. The van der Waals surface area contributed by atoms with Crippen molar-refractivity contribution in [2.75, 3.05) is 30.5 Å². The smallest absolute Gasteiger partial charge is 0.315 e. The fraction of sp³-hybridized carbons (Fsp3) is 0.222. The summed E-state index contributed by atoms with van der Waals surface area (Å²) >= 11 is 6.13. The van der Waals surface area contributed by atoms with E-state index in [0.717, 1.165) is 0 Å². The van der Waals surface area contributed by atoms with E-state index in [1.54, 1.807) is 43.4 Å². The maximum Gasteiger partial charge on any atom is 0.343 e. The zero-order chi connectivity index (χ0) is 28.7. The molecule has 12 heteroatoms. The fourth-order valence-corrected chi connectivity index (χ4v) is 4.14. The Morgan fingerprint density at radius 3 is 2.28 bits per heavy atom. The quantitative estimate of drug-likeness (QED) is 0.290. The Kier molecular flexibility index (Phi) is 9.87. The molecule has 0 spiro atoms. The molecule has 1 N–H and O–H groups in total. The van der Waals surface area contributed by atoms with Crippen molar-refractivity contribution < 1.29 is 27.2 Å². The minimum Gasteiger partial charge on any atom is -0.315 e. The number of fused-ring (bicyclic) bond motifs is 1. The zero-order valence-corrected chi connectivity index (χ0v) is 21.8. The van der Waals surface area contributed by atoms with Crippen molar-refractivity contribution in [3.63, 3.8) is 0 Å². The molecule has 0 unspecified atom stereocenters. The Labute approximate surface area is 227 Å². The second-order valence-electron chi connectivity index (χ2n) is 8.37. The lowest BCUT2D eigenvalue weighted by Gasteiger charge is -2.43. The number of hydrazine groups is 1. The molecule has 3 aromatic rings. The lowest BCUT2D eigenvalue weighted by molar-refractivity contribution is 0.112. The second kappa shape index (κ2) is 13.1. The van der Waals surface area contributed by atoms with E-state index in [0.29, 0.717) is 35.4 Å². The Balaban J connectivity index is 0.000000293. The first-order valence-corrected chi connectivity index (χ1v) is 12.0. The molecule has 0 radical (unpaired) electrons. The number of aldehydes is 1. The summed E-state index contributed by atoms with van der Waals surface area (Å²) in [7, 11) is 3.25. The van der Waals surface area contributed by atoms with Gasteiger partial charge in [0.15, 0.2) is 0 Å². The molecular weight excluding hydrogens is 538 g/mol. The molecule has 1 aliphatic heterocycles. The SMILES string of the molecule is CN1c2ccc(C=O)cc2N(Cc2c(F)cccc2Cl)C(=O)N1CCC#N.CNCc1c(F)cc(F)cc1F. The Morgan fingerprint density at radius 1 is 1.00 bits per heavy atom. The molecule has 0 saturated carbocycles. The van der Waals surface area contributed by atoms with Crippen LogP contribution < -0.4 is 15.2 Å². The molecule has 0 fully saturated rings. The van der Waals surface area contributed by atoms with E-state index in [2.05, 4.69) is 5.32 Å². The molecule has 0 aliphatic carbocycles. The molecule has 0 atom stereocenters. The van der Waals surface area contributed by atoms with Crippen LogP contribution in [0, 0.1) is 34.6 Å². The Bertz CT molecular complexity index is 1370. The van der Waals surface area contributed by atoms with Crippen LogP contribution in [0.5, 0.6) is 0 Å². The van der Waals surface area contributed by atoms with Gasteiger partial charge in [-0.3, -0.25) is 14.7 Å². The number of benzene rings is 3. The molecule has 1 aliphatic rings. The number of nitriles is 1. The van der Waals surface area contributed by atoms with Crippen LogP contribution in [0.25, 0.3) is 0 Å². The lowest BCUT2D eigenvalue weighted by atomic mass is 10.1. The van der Waals surface area contributed by atoms with Gasteiger partial charge in [-0.2, -0.15) is 5.26 Å². The van der Waals surface area contributed by atoms with E-state index < -0.39 is 29.3 Å². The highest BCUT2D eigenvalue weighted by Crippen LogP contribution is 2.37. The second-order valence-corrected chi connectivity index (χ2v) is 8.78. The lowest BCUT2D eigenvalue weighted by Crippen LogP contribution is -2.55. The van der Waals surface area contributed by atoms with E-state index in [9.17, 15) is 27.2 Å². The molecule has 0 bridgehead atoms. The van der Waals surface area contributed by atoms with Gasteiger partial charge < -0.3 is 5.32 Å². The van der Waals surface area contributed by atoms with Crippen LogP contribution in [0.15, 0.2) is 48.5 Å². The summed E-state index contributed by atoms with van der Waals surface area (Å²) in [5.41, 5.74) is 1.56. The molecule has 4 rings (SSSR count). The number of amides is 2. The van der Waals surface area contributed by atoms with E-state index in [-0.39, 0.29) is 42.2 Å². The van der Waals surface area contributed by atoms with Crippen LogP contribution >= 0.6 is 11.6 Å². The molecule has 0 saturated heterocycles. The molecule has 7 nitrogen and oxygen atoms in total. The van der Waals surface area contributed by atoms with Crippen LogP contribution in [0.1, 0.15) is 27.9 Å². The van der Waals surface area contributed by atoms with Crippen molar-refractivity contribution in [2.24, 2.45) is 0 Å². The zero-order valence-electron chi connectivity index (χ0n) is 21.0. The molecule has 204 valence electrons. The highest BCUT2D eigenvalue weighted by molar-refractivity contribution is 6.31. The van der Waals surface area contributed by atoms with E-state index in [1.807, 2.05) is 6.07 Å². The number of carbonyl (C=O) groups is 2. The topological polar surface area (TPSA) is 79.7 Å². The van der Waals surface area contributed by atoms with Gasteiger partial charge in [-0.1, -0.05) is 17.7 Å². The van der Waals surface area contributed by atoms with Crippen LogP contribution in [-0.2, 0) is 13.1 Å². The normalized spacial score (nSPS) is 12.5. The molecular formula is C27H24ClF4N5O2. The van der Waals surface area contributed by atoms with Crippen molar-refractivity contribution in [3.05, 3.63) is 93.5 Å². The van der Waals surface area contributed by atoms with E-state index in [4.69, 9.17) is 16.9 Å². The summed E-state index contributed by atoms with van der Waals surface area (Å²) in [4.78, 5) is 25.6. The third-order valence-corrected chi connectivity index (χ3v) is 6.22. The van der Waals surface area contributed by atoms with Gasteiger partial charge in [-0.25, -0.2) is 27.4 Å². The van der Waals surface area contributed by atoms with Crippen LogP contribution in [-0.4, -0.2) is 38.0 Å². The number of hydrogen-bond donors (Lipinski definition) is 1. The maximum atomic E-state index is 14.3. The Morgan fingerprint density at radius 2 is 1.69 bits per heavy atom. The standard InChI is InChI=1S/C19H16ClFN4O2.C8H8F3N/c1-23-17-7-6-13(12-26)10-18(17)24(19(27)25(23)9-3-8-22)11-14-15(20)4-2-5-16(14)21;1-12-4-6-7(10)2-5(9)3-8(6)11/h2,4-7,10,12H,3,9,11H2,1H3;2-3,12H,4H2,1H3. The monoisotopic (exact) mass is 561 g/mol. The third kappa shape index (κ3) is 6.66. The minimum absolute atomic E-state index is 0.0535. The van der Waals surface area contributed by atoms with Gasteiger partial charge in [-0.05, 0) is 37.4 Å². The predicted octanol–water partition coefficient (Wildman–Crippen LogP) is 5.82. The number of anilines is 2. The minimum atomic E-state index is -0.898. The largest absolute Gasteiger partial charge is 0.343 e. The molecule has 39 heavy (non-hydrogen) atoms. The number of urea groups is 1. The van der Waals surface area contributed by atoms with Gasteiger partial charge >= 0.3 is 6.03 Å². The average Bonchev–Trinajstić information content (AvgIpc) is 2.90. The number of nitrogens with zero attached hydrogens (tertiary/aromatic N) is 4. The van der Waals surface area contributed by atoms with Crippen molar-refractivity contribution in [1.29, 1.82) is 5.26 Å². The summed E-state index contributed by atoms with van der Waals surface area (Å²) in [6.07, 6.45) is 0.827. The van der Waals surface area contributed by atoms with Gasteiger partial charge in [0.2, 0.25) is 0 Å². The van der Waals surface area contributed by atoms with Crippen LogP contribution in [0.2, 0.25) is 5.02 Å². The Hall–Kier alpha value is -4.14. The fourth-order valence-electron chi connectivity index (χ4n) is 3.92. The molecule has 0 aromatic heterocycles. The number of hydrogen-bond acceptors (Lipinski definition) is 5. The van der Waals surface area contributed by atoms with Gasteiger partial charge in [0.25, 0.3) is 0 Å². The first-order chi connectivity index (χ1) is 18.6. The summed E-state index contributed by atoms with van der Waals surface area (Å²) in [6.45, 7) is 0.136. The molecule has 2 amide bonds. The number of nitrogens with one attached hydrogen (secondary N) is 1. The molecule has 1 heterocycles. The number of halogens is 5. The van der Waals surface area contributed by atoms with Crippen molar-refractivity contribution >= 4 is 35.3 Å². The van der Waals surface area contributed by atoms with Gasteiger partial charge in [0, 0.05) is 47.4 Å². The summed E-state index contributed by atoms with van der Waals surface area (Å²) in [6, 6.07) is 12.1. The highest BCUT2D eigenvalue weighted by atomic mass is 35.5. The summed E-state index contributed by atoms with van der Waals surface area (Å²) in [5.74, 6) is -3.14. The van der Waals surface area contributed by atoms with Crippen molar-refractivity contribution in [1.82, 2.24) is 10.3 Å². The maximum absolute atomic E-state index is 14.3.